The first-order chi connectivity index (χ1) is 11.7. The first-order valence-corrected chi connectivity index (χ1v) is 8.65. The molecular formula is C19H24BNO3. The molecule has 0 unspecified atom stereocenters. The van der Waals surface area contributed by atoms with Crippen LogP contribution in [0.1, 0.15) is 31.2 Å². The van der Waals surface area contributed by atoms with E-state index in [1.807, 2.05) is 30.6 Å². The van der Waals surface area contributed by atoms with E-state index >= 15 is 0 Å². The average Bonchev–Trinajstić information content (AvgIpc) is 3.06. The van der Waals surface area contributed by atoms with Gasteiger partial charge in [0.25, 0.3) is 6.92 Å². The topological polar surface area (TPSA) is 51.6 Å². The Morgan fingerprint density at radius 2 is 2.08 bits per heavy atom. The van der Waals surface area contributed by atoms with Gasteiger partial charge in [-0.3, -0.25) is 4.98 Å². The number of ether oxygens (including phenoxy) is 2. The van der Waals surface area contributed by atoms with Crippen molar-refractivity contribution in [3.63, 3.8) is 0 Å². The smallest absolute Gasteiger partial charge is 0.289 e. The third-order valence-electron chi connectivity index (χ3n) is 4.59. The van der Waals surface area contributed by atoms with Crippen LogP contribution in [0.25, 0.3) is 11.1 Å². The quantitative estimate of drug-likeness (QED) is 0.815. The third-order valence-corrected chi connectivity index (χ3v) is 4.59. The Labute approximate surface area is 144 Å². The largest absolute Gasteiger partial charge is 0.493 e. The number of methoxy groups -OCH3 is 1. The second-order valence-corrected chi connectivity index (χ2v) is 6.38. The van der Waals surface area contributed by atoms with Gasteiger partial charge in [0.2, 0.25) is 0 Å². The van der Waals surface area contributed by atoms with Crippen LogP contribution in [0.15, 0.2) is 36.7 Å². The molecule has 1 saturated heterocycles. The van der Waals surface area contributed by atoms with Gasteiger partial charge in [0.15, 0.2) is 11.5 Å². The minimum Gasteiger partial charge on any atom is -0.493 e. The van der Waals surface area contributed by atoms with Crippen LogP contribution in [0.4, 0.5) is 0 Å². The number of hydrogen-bond donors (Lipinski definition) is 1. The van der Waals surface area contributed by atoms with Crippen LogP contribution in [0, 0.1) is 0 Å². The van der Waals surface area contributed by atoms with Crippen LogP contribution in [0.3, 0.4) is 0 Å². The summed E-state index contributed by atoms with van der Waals surface area (Å²) in [6.07, 6.45) is 7.49. The van der Waals surface area contributed by atoms with Crippen molar-refractivity contribution in [2.24, 2.45) is 0 Å². The molecule has 5 heteroatoms. The highest BCUT2D eigenvalue weighted by Gasteiger charge is 2.28. The Kier molecular flexibility index (Phi) is 5.41. The first-order valence-electron chi connectivity index (χ1n) is 8.65. The number of aromatic nitrogens is 1. The Hall–Kier alpha value is -2.01. The molecule has 1 aliphatic heterocycles. The lowest BCUT2D eigenvalue weighted by atomic mass is 9.66. The fourth-order valence-electron chi connectivity index (χ4n) is 3.28. The van der Waals surface area contributed by atoms with Crippen molar-refractivity contribution in [2.75, 3.05) is 13.7 Å². The van der Waals surface area contributed by atoms with Gasteiger partial charge < -0.3 is 14.5 Å². The second kappa shape index (κ2) is 7.71. The lowest BCUT2D eigenvalue weighted by molar-refractivity contribution is 0.294. The molecule has 1 fully saturated rings. The number of rotatable bonds is 6. The van der Waals surface area contributed by atoms with Crippen molar-refractivity contribution >= 4 is 6.92 Å². The van der Waals surface area contributed by atoms with Crippen molar-refractivity contribution in [1.29, 1.82) is 0 Å². The zero-order valence-corrected chi connectivity index (χ0v) is 14.4. The Balaban J connectivity index is 1.88. The normalized spacial score (nSPS) is 17.1. The van der Waals surface area contributed by atoms with Crippen molar-refractivity contribution in [3.05, 3.63) is 42.2 Å². The fourth-order valence-corrected chi connectivity index (χ4v) is 3.28. The van der Waals surface area contributed by atoms with Crippen LogP contribution in [-0.4, -0.2) is 30.6 Å². The standard InChI is InChI=1S/C19H24BNO3/c1-3-8-24-19-10-14(4-5-18(19)23-2)16-9-17(13-21-12-16)15-6-7-20(22)11-15/h4-5,9-10,12-13,15,22H,3,6-8,11H2,1-2H3/t15-/m0/s1. The summed E-state index contributed by atoms with van der Waals surface area (Å²) in [5, 5.41) is 9.77. The van der Waals surface area contributed by atoms with Crippen molar-refractivity contribution in [2.45, 2.75) is 38.3 Å². The monoisotopic (exact) mass is 325 g/mol. The summed E-state index contributed by atoms with van der Waals surface area (Å²) < 4.78 is 11.2. The van der Waals surface area contributed by atoms with Gasteiger partial charge in [0.05, 0.1) is 13.7 Å². The van der Waals surface area contributed by atoms with Crippen LogP contribution in [0.2, 0.25) is 12.6 Å². The maximum Gasteiger partial charge on any atom is 0.289 e. The van der Waals surface area contributed by atoms with Gasteiger partial charge in [-0.1, -0.05) is 19.4 Å². The molecule has 0 saturated carbocycles. The minimum absolute atomic E-state index is 0.173. The van der Waals surface area contributed by atoms with Gasteiger partial charge in [-0.15, -0.1) is 0 Å². The minimum atomic E-state index is -0.173. The molecular weight excluding hydrogens is 301 g/mol. The zero-order chi connectivity index (χ0) is 16.9. The lowest BCUT2D eigenvalue weighted by Crippen LogP contribution is -2.04. The number of benzene rings is 1. The average molecular weight is 325 g/mol. The molecule has 0 spiro atoms. The molecule has 1 aromatic carbocycles. The molecule has 1 atom stereocenters. The van der Waals surface area contributed by atoms with Crippen molar-refractivity contribution < 1.29 is 14.5 Å². The van der Waals surface area contributed by atoms with E-state index in [4.69, 9.17) is 9.47 Å². The molecule has 4 nitrogen and oxygen atoms in total. The first kappa shape index (κ1) is 16.8. The molecule has 0 aliphatic carbocycles. The molecule has 0 radical (unpaired) electrons. The lowest BCUT2D eigenvalue weighted by Gasteiger charge is -2.14. The SMILES string of the molecule is CCCOc1cc(-c2cncc([C@H]3CCB(O)C3)c2)ccc1OC. The summed E-state index contributed by atoms with van der Waals surface area (Å²) in [5.74, 6) is 1.91. The Bertz CT molecular complexity index is 692. The number of hydrogen-bond acceptors (Lipinski definition) is 4. The molecule has 2 heterocycles. The summed E-state index contributed by atoms with van der Waals surface area (Å²) in [6.45, 7) is 2.58. The summed E-state index contributed by atoms with van der Waals surface area (Å²) in [6, 6.07) is 8.16. The Morgan fingerprint density at radius 3 is 2.79 bits per heavy atom. The van der Waals surface area contributed by atoms with E-state index in [-0.39, 0.29) is 6.92 Å². The predicted molar refractivity (Wildman–Crippen MR) is 97.0 cm³/mol. The van der Waals surface area contributed by atoms with Gasteiger partial charge in [-0.25, -0.2) is 0 Å². The van der Waals surface area contributed by atoms with Crippen molar-refractivity contribution in [3.8, 4) is 22.6 Å². The molecule has 3 rings (SSSR count). The molecule has 126 valence electrons. The molecule has 1 N–H and O–H groups in total. The van der Waals surface area contributed by atoms with E-state index in [1.165, 1.54) is 5.56 Å². The van der Waals surface area contributed by atoms with E-state index in [9.17, 15) is 5.02 Å². The maximum atomic E-state index is 9.77. The second-order valence-electron chi connectivity index (χ2n) is 6.38. The fraction of sp³-hybridized carbons (Fsp3) is 0.421. The summed E-state index contributed by atoms with van der Waals surface area (Å²) in [4.78, 5) is 4.41. The Morgan fingerprint density at radius 1 is 1.21 bits per heavy atom. The van der Waals surface area contributed by atoms with E-state index in [1.54, 1.807) is 7.11 Å². The molecule has 1 aliphatic rings. The van der Waals surface area contributed by atoms with Gasteiger partial charge in [-0.2, -0.15) is 0 Å². The van der Waals surface area contributed by atoms with E-state index in [0.717, 1.165) is 48.1 Å². The van der Waals surface area contributed by atoms with Crippen LogP contribution in [-0.2, 0) is 0 Å². The van der Waals surface area contributed by atoms with Gasteiger partial charge in [-0.05, 0) is 54.3 Å². The van der Waals surface area contributed by atoms with Gasteiger partial charge in [0.1, 0.15) is 0 Å². The van der Waals surface area contributed by atoms with E-state index in [0.29, 0.717) is 12.5 Å². The van der Waals surface area contributed by atoms with E-state index in [2.05, 4.69) is 18.0 Å². The zero-order valence-electron chi connectivity index (χ0n) is 14.4. The molecule has 0 amide bonds. The van der Waals surface area contributed by atoms with E-state index < -0.39 is 0 Å². The summed E-state index contributed by atoms with van der Waals surface area (Å²) >= 11 is 0. The predicted octanol–water partition coefficient (Wildman–Crippen LogP) is 4.02. The molecule has 0 bridgehead atoms. The van der Waals surface area contributed by atoms with Crippen LogP contribution in [0.5, 0.6) is 11.5 Å². The van der Waals surface area contributed by atoms with Gasteiger partial charge >= 0.3 is 0 Å². The molecule has 2 aromatic rings. The maximum absolute atomic E-state index is 9.77. The van der Waals surface area contributed by atoms with Crippen LogP contribution >= 0.6 is 0 Å². The summed E-state index contributed by atoms with van der Waals surface area (Å²) in [7, 11) is 1.65. The highest BCUT2D eigenvalue weighted by Crippen LogP contribution is 2.37. The van der Waals surface area contributed by atoms with Crippen molar-refractivity contribution in [1.82, 2.24) is 4.98 Å². The highest BCUT2D eigenvalue weighted by molar-refractivity contribution is 6.51. The van der Waals surface area contributed by atoms with Crippen LogP contribution < -0.4 is 9.47 Å². The van der Waals surface area contributed by atoms with Gasteiger partial charge in [0, 0.05) is 18.0 Å². The number of pyridine rings is 1. The molecule has 24 heavy (non-hydrogen) atoms. The highest BCUT2D eigenvalue weighted by atomic mass is 16.5. The molecule has 1 aromatic heterocycles. The third kappa shape index (κ3) is 3.73. The summed E-state index contributed by atoms with van der Waals surface area (Å²) in [5.41, 5.74) is 3.34. The number of nitrogens with zero attached hydrogens (tertiary/aromatic N) is 1.